The van der Waals surface area contributed by atoms with Crippen LogP contribution in [0.4, 0.5) is 0 Å². The molecule has 0 amide bonds. The lowest BCUT2D eigenvalue weighted by molar-refractivity contribution is 0.715. The van der Waals surface area contributed by atoms with E-state index in [1.165, 1.54) is 0 Å². The van der Waals surface area contributed by atoms with Crippen LogP contribution in [0.1, 0.15) is 18.7 Å². The van der Waals surface area contributed by atoms with Gasteiger partial charge in [-0.3, -0.25) is 0 Å². The van der Waals surface area contributed by atoms with Gasteiger partial charge in [-0.25, -0.2) is 4.98 Å². The summed E-state index contributed by atoms with van der Waals surface area (Å²) in [6, 6.07) is -0.0556. The summed E-state index contributed by atoms with van der Waals surface area (Å²) in [6.45, 7) is 1.88. The fourth-order valence-corrected chi connectivity index (χ4v) is 1.27. The van der Waals surface area contributed by atoms with E-state index < -0.39 is 0 Å². The molecule has 1 aromatic heterocycles. The van der Waals surface area contributed by atoms with Crippen LogP contribution in [0.3, 0.4) is 0 Å². The van der Waals surface area contributed by atoms with Crippen LogP contribution in [0.25, 0.3) is 0 Å². The summed E-state index contributed by atoms with van der Waals surface area (Å²) >= 11 is 5.73. The first-order valence-electron chi connectivity index (χ1n) is 3.05. The lowest BCUT2D eigenvalue weighted by Crippen LogP contribution is -2.09. The predicted molar refractivity (Wildman–Crippen MR) is 40.8 cm³/mol. The molecule has 0 unspecified atom stereocenters. The largest absolute Gasteiger partial charge is 0.335 e. The average molecular weight is 160 g/mol. The minimum atomic E-state index is -0.0556. The summed E-state index contributed by atoms with van der Waals surface area (Å²) in [5.41, 5.74) is 6.49. The van der Waals surface area contributed by atoms with E-state index in [2.05, 4.69) is 4.98 Å². The second-order valence-electron chi connectivity index (χ2n) is 2.32. The van der Waals surface area contributed by atoms with Crippen LogP contribution in [-0.2, 0) is 7.05 Å². The Balaban J connectivity index is 3.10. The molecule has 1 heterocycles. The smallest absolute Gasteiger partial charge is 0.151 e. The van der Waals surface area contributed by atoms with Crippen molar-refractivity contribution in [1.82, 2.24) is 9.55 Å². The molecule has 3 nitrogen and oxygen atoms in total. The lowest BCUT2D eigenvalue weighted by Gasteiger charge is -2.05. The van der Waals surface area contributed by atoms with Gasteiger partial charge in [-0.2, -0.15) is 0 Å². The molecule has 0 aliphatic carbocycles. The van der Waals surface area contributed by atoms with Crippen LogP contribution < -0.4 is 5.73 Å². The van der Waals surface area contributed by atoms with Gasteiger partial charge in [-0.1, -0.05) is 11.6 Å². The maximum absolute atomic E-state index is 5.73. The van der Waals surface area contributed by atoms with Gasteiger partial charge >= 0.3 is 0 Å². The Morgan fingerprint density at radius 1 is 1.80 bits per heavy atom. The summed E-state index contributed by atoms with van der Waals surface area (Å²) in [7, 11) is 1.87. The Bertz CT molecular complexity index is 209. The van der Waals surface area contributed by atoms with Crippen molar-refractivity contribution in [2.75, 3.05) is 0 Å². The Hall–Kier alpha value is -0.540. The molecule has 56 valence electrons. The first-order chi connectivity index (χ1) is 4.63. The standard InChI is InChI=1S/C6H10ClN3/c1-4(8)5-6(7)9-3-10(5)2/h3-4H,8H2,1-2H3/t4-/m1/s1. The fourth-order valence-electron chi connectivity index (χ4n) is 0.920. The van der Waals surface area contributed by atoms with E-state index in [1.54, 1.807) is 6.33 Å². The first-order valence-corrected chi connectivity index (χ1v) is 3.43. The van der Waals surface area contributed by atoms with Crippen LogP contribution in [0, 0.1) is 0 Å². The number of nitrogens with zero attached hydrogens (tertiary/aromatic N) is 2. The number of aromatic nitrogens is 2. The quantitative estimate of drug-likeness (QED) is 0.667. The highest BCUT2D eigenvalue weighted by atomic mass is 35.5. The van der Waals surface area contributed by atoms with Gasteiger partial charge in [0.1, 0.15) is 0 Å². The minimum absolute atomic E-state index is 0.0556. The third-order valence-electron chi connectivity index (χ3n) is 1.37. The van der Waals surface area contributed by atoms with Gasteiger partial charge in [-0.05, 0) is 6.92 Å². The maximum Gasteiger partial charge on any atom is 0.151 e. The number of hydrogen-bond donors (Lipinski definition) is 1. The second-order valence-corrected chi connectivity index (χ2v) is 2.68. The predicted octanol–water partition coefficient (Wildman–Crippen LogP) is 1.09. The zero-order valence-electron chi connectivity index (χ0n) is 6.00. The monoisotopic (exact) mass is 159 g/mol. The Kier molecular flexibility index (Phi) is 1.97. The van der Waals surface area contributed by atoms with Crippen LogP contribution in [0.2, 0.25) is 5.15 Å². The summed E-state index contributed by atoms with van der Waals surface area (Å²) in [6.07, 6.45) is 1.65. The third-order valence-corrected chi connectivity index (χ3v) is 1.66. The van der Waals surface area contributed by atoms with Crippen LogP contribution in [0.15, 0.2) is 6.33 Å². The maximum atomic E-state index is 5.73. The highest BCUT2D eigenvalue weighted by Crippen LogP contribution is 2.17. The molecular weight excluding hydrogens is 150 g/mol. The van der Waals surface area contributed by atoms with Gasteiger partial charge in [0.25, 0.3) is 0 Å². The number of aryl methyl sites for hydroxylation is 1. The van der Waals surface area contributed by atoms with Crippen molar-refractivity contribution in [1.29, 1.82) is 0 Å². The fraction of sp³-hybridized carbons (Fsp3) is 0.500. The normalized spacial score (nSPS) is 13.6. The van der Waals surface area contributed by atoms with Crippen molar-refractivity contribution in [2.24, 2.45) is 12.8 Å². The molecule has 0 bridgehead atoms. The molecule has 1 atom stereocenters. The minimum Gasteiger partial charge on any atom is -0.335 e. The molecular formula is C6H10ClN3. The van der Waals surface area contributed by atoms with Crippen LogP contribution >= 0.6 is 11.6 Å². The van der Waals surface area contributed by atoms with E-state index >= 15 is 0 Å². The van der Waals surface area contributed by atoms with Crippen LogP contribution in [0.5, 0.6) is 0 Å². The average Bonchev–Trinajstić information content (AvgIpc) is 2.11. The molecule has 1 rings (SSSR count). The number of halogens is 1. The molecule has 0 aromatic carbocycles. The molecule has 0 spiro atoms. The Morgan fingerprint density at radius 2 is 2.40 bits per heavy atom. The van der Waals surface area contributed by atoms with Crippen molar-refractivity contribution in [3.63, 3.8) is 0 Å². The van der Waals surface area contributed by atoms with Crippen molar-refractivity contribution in [3.05, 3.63) is 17.2 Å². The molecule has 1 aromatic rings. The molecule has 0 fully saturated rings. The SMILES string of the molecule is C[C@@H](N)c1c(Cl)ncn1C. The Morgan fingerprint density at radius 3 is 2.60 bits per heavy atom. The number of imidazole rings is 1. The summed E-state index contributed by atoms with van der Waals surface area (Å²) in [4.78, 5) is 3.89. The van der Waals surface area contributed by atoms with Crippen molar-refractivity contribution >= 4 is 11.6 Å². The van der Waals surface area contributed by atoms with Gasteiger partial charge in [0, 0.05) is 13.1 Å². The van der Waals surface area contributed by atoms with E-state index in [0.717, 1.165) is 5.69 Å². The highest BCUT2D eigenvalue weighted by Gasteiger charge is 2.09. The number of hydrogen-bond acceptors (Lipinski definition) is 2. The lowest BCUT2D eigenvalue weighted by atomic mass is 10.3. The van der Waals surface area contributed by atoms with Crippen molar-refractivity contribution in [2.45, 2.75) is 13.0 Å². The molecule has 0 saturated carbocycles. The van der Waals surface area contributed by atoms with Gasteiger partial charge in [0.15, 0.2) is 5.15 Å². The van der Waals surface area contributed by atoms with Crippen LogP contribution in [-0.4, -0.2) is 9.55 Å². The number of nitrogens with two attached hydrogens (primary N) is 1. The molecule has 0 radical (unpaired) electrons. The van der Waals surface area contributed by atoms with E-state index in [9.17, 15) is 0 Å². The topological polar surface area (TPSA) is 43.8 Å². The van der Waals surface area contributed by atoms with Crippen molar-refractivity contribution in [3.8, 4) is 0 Å². The molecule has 0 aliphatic heterocycles. The molecule has 10 heavy (non-hydrogen) atoms. The van der Waals surface area contributed by atoms with Crippen molar-refractivity contribution < 1.29 is 0 Å². The van der Waals surface area contributed by atoms with Gasteiger partial charge < -0.3 is 10.3 Å². The van der Waals surface area contributed by atoms with E-state index in [1.807, 2.05) is 18.5 Å². The molecule has 0 aliphatic rings. The van der Waals surface area contributed by atoms with E-state index in [-0.39, 0.29) is 6.04 Å². The van der Waals surface area contributed by atoms with E-state index in [0.29, 0.717) is 5.15 Å². The first kappa shape index (κ1) is 7.57. The summed E-state index contributed by atoms with van der Waals surface area (Å²) in [5, 5.41) is 0.498. The van der Waals surface area contributed by atoms with Gasteiger partial charge in [-0.15, -0.1) is 0 Å². The molecule has 4 heteroatoms. The zero-order chi connectivity index (χ0) is 7.72. The van der Waals surface area contributed by atoms with E-state index in [4.69, 9.17) is 17.3 Å². The zero-order valence-corrected chi connectivity index (χ0v) is 6.76. The molecule has 2 N–H and O–H groups in total. The summed E-state index contributed by atoms with van der Waals surface area (Å²) in [5.74, 6) is 0. The number of rotatable bonds is 1. The van der Waals surface area contributed by atoms with Gasteiger partial charge in [0.2, 0.25) is 0 Å². The second kappa shape index (κ2) is 2.60. The summed E-state index contributed by atoms with van der Waals surface area (Å²) < 4.78 is 1.83. The molecule has 0 saturated heterocycles. The Labute approximate surface area is 64.8 Å². The van der Waals surface area contributed by atoms with Gasteiger partial charge in [0.05, 0.1) is 12.0 Å². The highest BCUT2D eigenvalue weighted by molar-refractivity contribution is 6.30. The third kappa shape index (κ3) is 1.15.